The second-order valence-corrected chi connectivity index (χ2v) is 7.63. The maximum absolute atomic E-state index is 11.7. The molecule has 1 saturated heterocycles. The third-order valence-electron chi connectivity index (χ3n) is 3.38. The van der Waals surface area contributed by atoms with E-state index in [-0.39, 0.29) is 36.4 Å². The number of likely N-dealkylation sites (N-methyl/N-ethyl adjacent to an activating group) is 1. The zero-order valence-electron chi connectivity index (χ0n) is 13.6. The molecule has 1 aliphatic rings. The molecule has 8 heteroatoms. The average molecular weight is 468 g/mol. The van der Waals surface area contributed by atoms with Crippen molar-refractivity contribution in [2.24, 2.45) is 4.99 Å². The zero-order chi connectivity index (χ0) is 15.8. The van der Waals surface area contributed by atoms with Crippen LogP contribution >= 0.6 is 47.1 Å². The predicted octanol–water partition coefficient (Wildman–Crippen LogP) is 2.39. The smallest absolute Gasteiger partial charge is 0.243 e. The van der Waals surface area contributed by atoms with Gasteiger partial charge >= 0.3 is 0 Å². The van der Waals surface area contributed by atoms with Gasteiger partial charge in [0, 0.05) is 30.8 Å². The van der Waals surface area contributed by atoms with Crippen LogP contribution < -0.4 is 10.6 Å². The van der Waals surface area contributed by atoms with Gasteiger partial charge in [-0.3, -0.25) is 4.79 Å². The topological polar surface area (TPSA) is 56.7 Å². The molecule has 0 bridgehead atoms. The summed E-state index contributed by atoms with van der Waals surface area (Å²) < 4.78 is 0. The zero-order valence-corrected chi connectivity index (χ0v) is 17.5. The van der Waals surface area contributed by atoms with Crippen molar-refractivity contribution in [1.29, 1.82) is 0 Å². The highest BCUT2D eigenvalue weighted by molar-refractivity contribution is 14.0. The first kappa shape index (κ1) is 20.6. The number of thiophene rings is 1. The molecule has 23 heavy (non-hydrogen) atoms. The second-order valence-electron chi connectivity index (χ2n) is 5.44. The molecule has 0 radical (unpaired) electrons. The number of thioether (sulfide) groups is 1. The average Bonchev–Trinajstić information content (AvgIpc) is 3.04. The van der Waals surface area contributed by atoms with Crippen LogP contribution in [-0.4, -0.2) is 55.0 Å². The van der Waals surface area contributed by atoms with Crippen molar-refractivity contribution < 1.29 is 4.79 Å². The lowest BCUT2D eigenvalue weighted by molar-refractivity contribution is -0.127. The van der Waals surface area contributed by atoms with Crippen LogP contribution in [0, 0.1) is 0 Å². The van der Waals surface area contributed by atoms with Gasteiger partial charge in [-0.2, -0.15) is 11.8 Å². The van der Waals surface area contributed by atoms with Crippen LogP contribution in [0.2, 0.25) is 0 Å². The van der Waals surface area contributed by atoms with Crippen molar-refractivity contribution in [1.82, 2.24) is 15.5 Å². The van der Waals surface area contributed by atoms with E-state index in [0.717, 1.165) is 24.7 Å². The number of carbonyl (C=O) groups excluding carboxylic acids is 1. The summed E-state index contributed by atoms with van der Waals surface area (Å²) in [7, 11) is 3.50. The number of hydrogen-bond acceptors (Lipinski definition) is 4. The van der Waals surface area contributed by atoms with E-state index in [1.807, 2.05) is 17.8 Å². The Morgan fingerprint density at radius 1 is 1.48 bits per heavy atom. The Balaban J connectivity index is 0.00000264. The summed E-state index contributed by atoms with van der Waals surface area (Å²) in [4.78, 5) is 19.0. The molecule has 2 N–H and O–H groups in total. The summed E-state index contributed by atoms with van der Waals surface area (Å²) in [5, 5.41) is 8.86. The molecule has 2 rings (SSSR count). The highest BCUT2D eigenvalue weighted by Crippen LogP contribution is 2.16. The van der Waals surface area contributed by atoms with Gasteiger partial charge in [-0.15, -0.1) is 35.3 Å². The lowest BCUT2D eigenvalue weighted by Crippen LogP contribution is -2.45. The highest BCUT2D eigenvalue weighted by Gasteiger charge is 2.15. The van der Waals surface area contributed by atoms with Gasteiger partial charge in [0.25, 0.3) is 0 Å². The van der Waals surface area contributed by atoms with Crippen LogP contribution in [0.15, 0.2) is 22.5 Å². The monoisotopic (exact) mass is 468 g/mol. The quantitative estimate of drug-likeness (QED) is 0.396. The Morgan fingerprint density at radius 2 is 2.30 bits per heavy atom. The molecule has 1 unspecified atom stereocenters. The Hall–Kier alpha value is -0.480. The molecular weight excluding hydrogens is 443 g/mol. The lowest BCUT2D eigenvalue weighted by atomic mass is 10.2. The summed E-state index contributed by atoms with van der Waals surface area (Å²) in [6.45, 7) is 0.909. The largest absolute Gasteiger partial charge is 0.353 e. The van der Waals surface area contributed by atoms with Crippen LogP contribution in [-0.2, 0) is 11.3 Å². The van der Waals surface area contributed by atoms with Gasteiger partial charge < -0.3 is 15.5 Å². The summed E-state index contributed by atoms with van der Waals surface area (Å²) in [6, 6.07) is 4.57. The van der Waals surface area contributed by atoms with Crippen LogP contribution in [0.1, 0.15) is 17.7 Å². The van der Waals surface area contributed by atoms with E-state index in [4.69, 9.17) is 0 Å². The minimum atomic E-state index is 0. The summed E-state index contributed by atoms with van der Waals surface area (Å²) in [6.07, 6.45) is 2.39. The number of rotatable bonds is 5. The van der Waals surface area contributed by atoms with E-state index in [9.17, 15) is 4.79 Å². The van der Waals surface area contributed by atoms with Gasteiger partial charge in [-0.05, 0) is 30.0 Å². The van der Waals surface area contributed by atoms with Crippen LogP contribution in [0.25, 0.3) is 0 Å². The Labute approximate surface area is 163 Å². The minimum Gasteiger partial charge on any atom is -0.353 e. The molecule has 5 nitrogen and oxygen atoms in total. The van der Waals surface area contributed by atoms with Crippen LogP contribution in [0.5, 0.6) is 0 Å². The second kappa shape index (κ2) is 11.1. The highest BCUT2D eigenvalue weighted by atomic mass is 127. The molecule has 1 aromatic heterocycles. The molecule has 0 aliphatic carbocycles. The van der Waals surface area contributed by atoms with E-state index < -0.39 is 0 Å². The SMILES string of the molecule is CN(C)C(=O)CN=C(NCc1cccs1)NC1CCCSC1.I. The number of nitrogens with zero attached hydrogens (tertiary/aromatic N) is 2. The molecule has 0 saturated carbocycles. The molecule has 0 aromatic carbocycles. The molecule has 1 aromatic rings. The molecule has 1 amide bonds. The third-order valence-corrected chi connectivity index (χ3v) is 5.47. The first-order valence-corrected chi connectivity index (χ1v) is 9.53. The standard InChI is InChI=1S/C15H24N4OS2.HI/c1-19(2)14(20)10-17-15(16-9-13-6-4-8-22-13)18-12-5-3-7-21-11-12;/h4,6,8,12H,3,5,7,9-11H2,1-2H3,(H2,16,17,18);1H. The van der Waals surface area contributed by atoms with Crippen LogP contribution in [0.4, 0.5) is 0 Å². The fraction of sp³-hybridized carbons (Fsp3) is 0.600. The van der Waals surface area contributed by atoms with Crippen molar-refractivity contribution in [3.05, 3.63) is 22.4 Å². The lowest BCUT2D eigenvalue weighted by Gasteiger charge is -2.24. The van der Waals surface area contributed by atoms with Crippen molar-refractivity contribution >= 4 is 58.9 Å². The predicted molar refractivity (Wildman–Crippen MR) is 111 cm³/mol. The van der Waals surface area contributed by atoms with E-state index in [1.165, 1.54) is 17.1 Å². The molecule has 2 heterocycles. The van der Waals surface area contributed by atoms with Crippen molar-refractivity contribution in [3.63, 3.8) is 0 Å². The maximum Gasteiger partial charge on any atom is 0.243 e. The normalized spacial score (nSPS) is 18.0. The first-order chi connectivity index (χ1) is 10.6. The molecule has 1 fully saturated rings. The Morgan fingerprint density at radius 3 is 2.91 bits per heavy atom. The van der Waals surface area contributed by atoms with Gasteiger partial charge in [0.2, 0.25) is 5.91 Å². The van der Waals surface area contributed by atoms with Gasteiger partial charge in [-0.1, -0.05) is 6.07 Å². The number of guanidine groups is 1. The summed E-state index contributed by atoms with van der Waals surface area (Å²) >= 11 is 3.69. The van der Waals surface area contributed by atoms with Gasteiger partial charge in [-0.25, -0.2) is 4.99 Å². The third kappa shape index (κ3) is 7.75. The molecule has 1 atom stereocenters. The first-order valence-electron chi connectivity index (χ1n) is 7.50. The number of amides is 1. The van der Waals surface area contributed by atoms with E-state index in [0.29, 0.717) is 6.04 Å². The van der Waals surface area contributed by atoms with Gasteiger partial charge in [0.05, 0.1) is 6.54 Å². The summed E-state index contributed by atoms with van der Waals surface area (Å²) in [5.41, 5.74) is 0. The number of halogens is 1. The number of aliphatic imine (C=N–C) groups is 1. The van der Waals surface area contributed by atoms with Crippen molar-refractivity contribution in [3.8, 4) is 0 Å². The molecule has 130 valence electrons. The minimum absolute atomic E-state index is 0. The number of nitrogens with one attached hydrogen (secondary N) is 2. The molecule has 1 aliphatic heterocycles. The van der Waals surface area contributed by atoms with Crippen molar-refractivity contribution in [2.75, 3.05) is 32.1 Å². The van der Waals surface area contributed by atoms with Crippen molar-refractivity contribution in [2.45, 2.75) is 25.4 Å². The van der Waals surface area contributed by atoms with E-state index >= 15 is 0 Å². The molecular formula is C15H25IN4OS2. The van der Waals surface area contributed by atoms with Crippen LogP contribution in [0.3, 0.4) is 0 Å². The van der Waals surface area contributed by atoms with E-state index in [2.05, 4.69) is 27.1 Å². The fourth-order valence-corrected chi connectivity index (χ4v) is 3.79. The van der Waals surface area contributed by atoms with Gasteiger partial charge in [0.1, 0.15) is 6.54 Å². The maximum atomic E-state index is 11.7. The molecule has 0 spiro atoms. The summed E-state index contributed by atoms with van der Waals surface area (Å²) in [5.74, 6) is 3.08. The van der Waals surface area contributed by atoms with E-state index in [1.54, 1.807) is 30.3 Å². The number of carbonyl (C=O) groups is 1. The fourth-order valence-electron chi connectivity index (χ4n) is 2.07. The number of hydrogen-bond donors (Lipinski definition) is 2. The Bertz CT molecular complexity index is 488. The Kier molecular flexibility index (Phi) is 9.96. The van der Waals surface area contributed by atoms with Gasteiger partial charge in [0.15, 0.2) is 5.96 Å².